The molecule has 0 unspecified atom stereocenters. The van der Waals surface area contributed by atoms with Gasteiger partial charge >= 0.3 is 0 Å². The summed E-state index contributed by atoms with van der Waals surface area (Å²) in [4.78, 5) is 37.6. The van der Waals surface area contributed by atoms with E-state index in [0.717, 1.165) is 49.9 Å². The molecule has 196 valence electrons. The van der Waals surface area contributed by atoms with Crippen LogP contribution in [0.3, 0.4) is 0 Å². The zero-order valence-electron chi connectivity index (χ0n) is 21.4. The maximum absolute atomic E-state index is 14.0. The second-order valence-electron chi connectivity index (χ2n) is 10.8. The van der Waals surface area contributed by atoms with Crippen LogP contribution in [-0.2, 0) is 9.53 Å². The third-order valence-corrected chi connectivity index (χ3v) is 8.72. The third-order valence-electron chi connectivity index (χ3n) is 8.49. The van der Waals surface area contributed by atoms with Crippen LogP contribution in [0.25, 0.3) is 10.9 Å². The van der Waals surface area contributed by atoms with Crippen LogP contribution in [0.2, 0.25) is 5.02 Å². The smallest absolute Gasteiger partial charge is 0.268 e. The summed E-state index contributed by atoms with van der Waals surface area (Å²) in [5.41, 5.74) is 0.282. The normalized spacial score (nSPS) is 23.0. The van der Waals surface area contributed by atoms with Crippen molar-refractivity contribution in [2.24, 2.45) is 5.92 Å². The number of aromatic amines is 1. The van der Waals surface area contributed by atoms with Crippen LogP contribution >= 0.6 is 11.6 Å². The number of nitrogens with zero attached hydrogens (tertiary/aromatic N) is 3. The van der Waals surface area contributed by atoms with Crippen LogP contribution in [-0.4, -0.2) is 103 Å². The highest BCUT2D eigenvalue weighted by Crippen LogP contribution is 2.31. The molecular formula is C27H38ClN5O3. The minimum absolute atomic E-state index is 0.0185. The van der Waals surface area contributed by atoms with Crippen LogP contribution in [0.4, 0.5) is 0 Å². The van der Waals surface area contributed by atoms with E-state index >= 15 is 0 Å². The summed E-state index contributed by atoms with van der Waals surface area (Å²) in [7, 11) is 2.18. The molecule has 3 aliphatic rings. The Balaban J connectivity index is 1.30. The molecule has 0 spiro atoms. The number of benzene rings is 1. The van der Waals surface area contributed by atoms with E-state index in [1.165, 1.54) is 12.8 Å². The van der Waals surface area contributed by atoms with Crippen LogP contribution in [0.15, 0.2) is 24.3 Å². The topological polar surface area (TPSA) is 80.9 Å². The average Bonchev–Trinajstić information content (AvgIpc) is 3.33. The van der Waals surface area contributed by atoms with E-state index in [4.69, 9.17) is 16.3 Å². The number of H-pyrrole nitrogens is 1. The Kier molecular flexibility index (Phi) is 7.58. The fourth-order valence-electron chi connectivity index (χ4n) is 6.11. The Bertz CT molecular complexity index is 1080. The number of carbonyl (C=O) groups excluding carboxylic acids is 2. The van der Waals surface area contributed by atoms with E-state index in [0.29, 0.717) is 43.1 Å². The van der Waals surface area contributed by atoms with Crippen molar-refractivity contribution in [2.45, 2.75) is 44.2 Å². The summed E-state index contributed by atoms with van der Waals surface area (Å²) in [5.74, 6) is -0.229. The van der Waals surface area contributed by atoms with E-state index in [1.807, 2.05) is 24.0 Å². The predicted molar refractivity (Wildman–Crippen MR) is 141 cm³/mol. The number of rotatable bonds is 5. The average molecular weight is 516 g/mol. The van der Waals surface area contributed by atoms with Gasteiger partial charge < -0.3 is 24.8 Å². The first-order chi connectivity index (χ1) is 17.3. The number of hydrogen-bond acceptors (Lipinski definition) is 5. The number of nitrogens with one attached hydrogen (secondary N) is 2. The molecule has 0 bridgehead atoms. The number of carbonyl (C=O) groups is 2. The molecule has 1 aromatic heterocycles. The van der Waals surface area contributed by atoms with Crippen LogP contribution < -0.4 is 5.32 Å². The Labute approximate surface area is 218 Å². The molecule has 0 aliphatic carbocycles. The second kappa shape index (κ2) is 10.7. The van der Waals surface area contributed by atoms with Gasteiger partial charge in [0.1, 0.15) is 11.2 Å². The third kappa shape index (κ3) is 5.28. The number of piperidine rings is 1. The van der Waals surface area contributed by atoms with Gasteiger partial charge in [0.25, 0.3) is 5.91 Å². The van der Waals surface area contributed by atoms with E-state index in [2.05, 4.69) is 27.1 Å². The lowest BCUT2D eigenvalue weighted by Crippen LogP contribution is -2.65. The van der Waals surface area contributed by atoms with Gasteiger partial charge in [0.15, 0.2) is 0 Å². The van der Waals surface area contributed by atoms with Gasteiger partial charge in [-0.1, -0.05) is 11.6 Å². The van der Waals surface area contributed by atoms with Gasteiger partial charge in [0.05, 0.1) is 0 Å². The molecule has 0 radical (unpaired) electrons. The quantitative estimate of drug-likeness (QED) is 0.640. The number of hydrogen-bond donors (Lipinski definition) is 2. The number of fused-ring (bicyclic) bond motifs is 1. The number of amides is 2. The minimum atomic E-state index is -0.995. The Morgan fingerprint density at radius 1 is 1.03 bits per heavy atom. The highest BCUT2D eigenvalue weighted by molar-refractivity contribution is 6.31. The molecule has 9 heteroatoms. The lowest BCUT2D eigenvalue weighted by atomic mass is 9.78. The van der Waals surface area contributed by atoms with Crippen molar-refractivity contribution in [3.05, 3.63) is 35.0 Å². The number of likely N-dealkylation sites (tertiary alicyclic amines) is 1. The molecule has 4 heterocycles. The molecule has 8 nitrogen and oxygen atoms in total. The Morgan fingerprint density at radius 3 is 2.42 bits per heavy atom. The van der Waals surface area contributed by atoms with Crippen LogP contribution in [0, 0.1) is 5.92 Å². The molecule has 3 fully saturated rings. The molecule has 2 N–H and O–H groups in total. The fourth-order valence-corrected chi connectivity index (χ4v) is 6.29. The first-order valence-electron chi connectivity index (χ1n) is 13.2. The zero-order chi connectivity index (χ0) is 25.3. The SMILES string of the molecule is CN1CCC(N2CCN(C(=O)[C@](C)(NC(=O)c3cc4cc(Cl)ccc4[nH]3)C3CCOCC3)CC2)CC1. The van der Waals surface area contributed by atoms with Gasteiger partial charge in [-0.05, 0) is 82.9 Å². The van der Waals surface area contributed by atoms with Crippen molar-refractivity contribution in [1.29, 1.82) is 0 Å². The summed E-state index contributed by atoms with van der Waals surface area (Å²) in [6, 6.07) is 7.89. The monoisotopic (exact) mass is 515 g/mol. The van der Waals surface area contributed by atoms with E-state index in [-0.39, 0.29) is 17.7 Å². The van der Waals surface area contributed by atoms with Crippen molar-refractivity contribution < 1.29 is 14.3 Å². The first-order valence-corrected chi connectivity index (χ1v) is 13.6. The van der Waals surface area contributed by atoms with Gasteiger partial charge in [-0.25, -0.2) is 0 Å². The van der Waals surface area contributed by atoms with Crippen molar-refractivity contribution >= 4 is 34.3 Å². The van der Waals surface area contributed by atoms with Crippen molar-refractivity contribution in [3.8, 4) is 0 Å². The van der Waals surface area contributed by atoms with Gasteiger partial charge in [0.2, 0.25) is 5.91 Å². The molecule has 5 rings (SSSR count). The van der Waals surface area contributed by atoms with Crippen molar-refractivity contribution in [2.75, 3.05) is 59.5 Å². The molecule has 2 amide bonds. The predicted octanol–water partition coefficient (Wildman–Crippen LogP) is 2.97. The maximum Gasteiger partial charge on any atom is 0.268 e. The largest absolute Gasteiger partial charge is 0.381 e. The molecule has 1 atom stereocenters. The summed E-state index contributed by atoms with van der Waals surface area (Å²) in [6.07, 6.45) is 3.88. The Hall–Kier alpha value is -2.13. The second-order valence-corrected chi connectivity index (χ2v) is 11.3. The molecular weight excluding hydrogens is 478 g/mol. The molecule has 3 saturated heterocycles. The summed E-state index contributed by atoms with van der Waals surface area (Å²) >= 11 is 6.13. The van der Waals surface area contributed by atoms with Gasteiger partial charge in [-0.15, -0.1) is 0 Å². The van der Waals surface area contributed by atoms with Crippen molar-refractivity contribution in [1.82, 2.24) is 25.0 Å². The molecule has 3 aliphatic heterocycles. The lowest BCUT2D eigenvalue weighted by Gasteiger charge is -2.46. The van der Waals surface area contributed by atoms with Crippen LogP contribution in [0.1, 0.15) is 43.1 Å². The van der Waals surface area contributed by atoms with Gasteiger partial charge in [-0.2, -0.15) is 0 Å². The number of halogens is 1. The summed E-state index contributed by atoms with van der Waals surface area (Å²) in [6.45, 7) is 8.58. The highest BCUT2D eigenvalue weighted by atomic mass is 35.5. The first kappa shape index (κ1) is 25.5. The van der Waals surface area contributed by atoms with Crippen molar-refractivity contribution in [3.63, 3.8) is 0 Å². The molecule has 0 saturated carbocycles. The van der Waals surface area contributed by atoms with E-state index < -0.39 is 5.54 Å². The Morgan fingerprint density at radius 2 is 1.72 bits per heavy atom. The summed E-state index contributed by atoms with van der Waals surface area (Å²) in [5, 5.41) is 4.65. The summed E-state index contributed by atoms with van der Waals surface area (Å²) < 4.78 is 5.58. The maximum atomic E-state index is 14.0. The zero-order valence-corrected chi connectivity index (χ0v) is 22.1. The number of ether oxygens (including phenoxy) is 1. The number of aromatic nitrogens is 1. The van der Waals surface area contributed by atoms with E-state index in [9.17, 15) is 9.59 Å². The number of piperazine rings is 1. The molecule has 36 heavy (non-hydrogen) atoms. The fraction of sp³-hybridized carbons (Fsp3) is 0.630. The standard InChI is InChI=1S/C27H38ClN5O3/c1-27(20-7-15-36-16-8-20,30-25(34)24-18-19-17-21(28)3-4-23(19)29-24)26(35)33-13-11-32(12-14-33)22-5-9-31(2)10-6-22/h3-4,17-18,20,22,29H,5-16H2,1-2H3,(H,30,34)/t27-/m1/s1. The minimum Gasteiger partial charge on any atom is -0.381 e. The van der Waals surface area contributed by atoms with E-state index in [1.54, 1.807) is 12.1 Å². The molecule has 1 aromatic carbocycles. The van der Waals surface area contributed by atoms with Gasteiger partial charge in [-0.3, -0.25) is 14.5 Å². The van der Waals surface area contributed by atoms with Crippen LogP contribution in [0.5, 0.6) is 0 Å². The highest BCUT2D eigenvalue weighted by Gasteiger charge is 2.46. The molecule has 2 aromatic rings. The lowest BCUT2D eigenvalue weighted by molar-refractivity contribution is -0.143. The van der Waals surface area contributed by atoms with Gasteiger partial charge in [0, 0.05) is 61.4 Å².